The molecule has 0 aliphatic carbocycles. The Balaban J connectivity index is 1.95. The summed E-state index contributed by atoms with van der Waals surface area (Å²) in [5.74, 6) is -0.334. The molecule has 0 fully saturated rings. The van der Waals surface area contributed by atoms with E-state index in [-0.39, 0.29) is 5.84 Å². The topological polar surface area (TPSA) is 110 Å². The maximum Gasteiger partial charge on any atom is 0.280 e. The molecule has 6 heteroatoms. The van der Waals surface area contributed by atoms with Gasteiger partial charge in [0, 0.05) is 28.5 Å². The van der Waals surface area contributed by atoms with Crippen molar-refractivity contribution in [3.8, 4) is 11.3 Å². The molecule has 2 aromatic heterocycles. The number of benzene rings is 1. The Kier molecular flexibility index (Phi) is 4.35. The van der Waals surface area contributed by atoms with E-state index >= 15 is 0 Å². The number of fused-ring (bicyclic) bond motifs is 1. The number of pyridine rings is 1. The molecule has 126 valence electrons. The van der Waals surface area contributed by atoms with Crippen LogP contribution >= 0.6 is 0 Å². The highest BCUT2D eigenvalue weighted by Gasteiger charge is 2.11. The summed E-state index contributed by atoms with van der Waals surface area (Å²) in [6, 6.07) is 13.6. The lowest BCUT2D eigenvalue weighted by molar-refractivity contribution is 0.100. The first-order valence-electron chi connectivity index (χ1n) is 7.81. The van der Waals surface area contributed by atoms with Gasteiger partial charge in [0.25, 0.3) is 5.91 Å². The Morgan fingerprint density at radius 2 is 1.84 bits per heavy atom. The van der Waals surface area contributed by atoms with Crippen molar-refractivity contribution < 1.29 is 4.79 Å². The van der Waals surface area contributed by atoms with Gasteiger partial charge in [-0.05, 0) is 31.5 Å². The summed E-state index contributed by atoms with van der Waals surface area (Å²) in [5.41, 5.74) is 15.7. The molecule has 3 aromatic rings. The third kappa shape index (κ3) is 3.42. The van der Waals surface area contributed by atoms with E-state index in [1.165, 1.54) is 6.20 Å². The predicted molar refractivity (Wildman–Crippen MR) is 100 cm³/mol. The van der Waals surface area contributed by atoms with E-state index in [0.29, 0.717) is 22.5 Å². The number of aromatic amines is 1. The van der Waals surface area contributed by atoms with Crippen LogP contribution in [0.3, 0.4) is 0 Å². The fraction of sp³-hybridized carbons (Fsp3) is 0.105. The van der Waals surface area contributed by atoms with E-state index in [9.17, 15) is 4.79 Å². The molecular weight excluding hydrogens is 314 g/mol. The summed E-state index contributed by atoms with van der Waals surface area (Å²) >= 11 is 0. The summed E-state index contributed by atoms with van der Waals surface area (Å²) < 4.78 is 0. The van der Waals surface area contributed by atoms with Gasteiger partial charge >= 0.3 is 0 Å². The summed E-state index contributed by atoms with van der Waals surface area (Å²) in [5, 5.41) is 0.834. The molecule has 0 unspecified atom stereocenters. The van der Waals surface area contributed by atoms with E-state index in [4.69, 9.17) is 11.5 Å². The van der Waals surface area contributed by atoms with Gasteiger partial charge in [-0.1, -0.05) is 30.3 Å². The summed E-state index contributed by atoms with van der Waals surface area (Å²) in [6.07, 6.45) is 1.49. The van der Waals surface area contributed by atoms with Crippen molar-refractivity contribution >= 4 is 22.8 Å². The Bertz CT molecular complexity index is 995. The molecule has 6 nitrogen and oxygen atoms in total. The van der Waals surface area contributed by atoms with Gasteiger partial charge in [0.2, 0.25) is 0 Å². The van der Waals surface area contributed by atoms with Gasteiger partial charge in [0.1, 0.15) is 11.5 Å². The number of amidine groups is 1. The number of allylic oxidation sites excluding steroid dienone is 1. The van der Waals surface area contributed by atoms with Crippen LogP contribution in [0.4, 0.5) is 0 Å². The van der Waals surface area contributed by atoms with Crippen LogP contribution in [-0.4, -0.2) is 21.7 Å². The van der Waals surface area contributed by atoms with E-state index in [2.05, 4.69) is 15.0 Å². The minimum Gasteiger partial charge on any atom is -0.402 e. The standard InChI is InChI=1S/C19H19N5O/c1-11(12(2)20)17(21)24-19(25)15-8-14-9-16(23-18(14)22-10-15)13-6-4-3-5-7-13/h3-10H,20H2,1-2H3,(H,22,23)(H2,21,24,25)/b12-11-. The van der Waals surface area contributed by atoms with Crippen LogP contribution in [0.1, 0.15) is 24.2 Å². The van der Waals surface area contributed by atoms with Gasteiger partial charge in [0.05, 0.1) is 5.56 Å². The molecule has 5 N–H and O–H groups in total. The van der Waals surface area contributed by atoms with E-state index in [1.54, 1.807) is 19.9 Å². The number of H-pyrrole nitrogens is 1. The number of nitrogens with one attached hydrogen (secondary N) is 1. The van der Waals surface area contributed by atoms with Crippen molar-refractivity contribution in [2.45, 2.75) is 13.8 Å². The lowest BCUT2D eigenvalue weighted by Crippen LogP contribution is -2.18. The van der Waals surface area contributed by atoms with Crippen LogP contribution in [0.25, 0.3) is 22.3 Å². The molecule has 0 saturated carbocycles. The number of nitrogens with zero attached hydrogens (tertiary/aromatic N) is 2. The Hall–Kier alpha value is -3.41. The van der Waals surface area contributed by atoms with Crippen LogP contribution < -0.4 is 11.5 Å². The molecule has 3 rings (SSSR count). The van der Waals surface area contributed by atoms with Gasteiger partial charge < -0.3 is 16.5 Å². The zero-order valence-electron chi connectivity index (χ0n) is 14.1. The first kappa shape index (κ1) is 16.4. The number of aromatic nitrogens is 2. The second-order valence-electron chi connectivity index (χ2n) is 5.82. The van der Waals surface area contributed by atoms with Crippen molar-refractivity contribution in [2.24, 2.45) is 16.5 Å². The molecule has 2 heterocycles. The van der Waals surface area contributed by atoms with Crippen LogP contribution in [0.5, 0.6) is 0 Å². The first-order valence-corrected chi connectivity index (χ1v) is 7.81. The van der Waals surface area contributed by atoms with Crippen molar-refractivity contribution in [2.75, 3.05) is 0 Å². The average Bonchev–Trinajstić information content (AvgIpc) is 3.04. The first-order chi connectivity index (χ1) is 12.0. The SMILES string of the molecule is C/C(N)=C(\C)C(N)=NC(=O)c1cnc2[nH]c(-c3ccccc3)cc2c1. The molecule has 0 saturated heterocycles. The van der Waals surface area contributed by atoms with Crippen LogP contribution in [0.15, 0.2) is 64.9 Å². The second-order valence-corrected chi connectivity index (χ2v) is 5.82. The summed E-state index contributed by atoms with van der Waals surface area (Å²) in [4.78, 5) is 23.8. The number of amides is 1. The maximum atomic E-state index is 12.3. The Morgan fingerprint density at radius 3 is 2.52 bits per heavy atom. The van der Waals surface area contributed by atoms with Crippen molar-refractivity contribution in [1.82, 2.24) is 9.97 Å². The van der Waals surface area contributed by atoms with Crippen LogP contribution in [-0.2, 0) is 0 Å². The number of rotatable bonds is 3. The van der Waals surface area contributed by atoms with Crippen molar-refractivity contribution in [1.29, 1.82) is 0 Å². The molecule has 0 radical (unpaired) electrons. The lowest BCUT2D eigenvalue weighted by Gasteiger charge is -2.02. The summed E-state index contributed by atoms with van der Waals surface area (Å²) in [6.45, 7) is 3.43. The van der Waals surface area contributed by atoms with Gasteiger partial charge in [-0.3, -0.25) is 4.79 Å². The normalized spacial score (nSPS) is 13.0. The van der Waals surface area contributed by atoms with Gasteiger partial charge in [-0.15, -0.1) is 0 Å². The van der Waals surface area contributed by atoms with Gasteiger partial charge in [-0.25, -0.2) is 4.98 Å². The average molecular weight is 333 g/mol. The minimum atomic E-state index is -0.449. The second kappa shape index (κ2) is 6.60. The summed E-state index contributed by atoms with van der Waals surface area (Å²) in [7, 11) is 0. The number of carbonyl (C=O) groups is 1. The number of hydrogen-bond acceptors (Lipinski definition) is 3. The Morgan fingerprint density at radius 1 is 1.12 bits per heavy atom. The van der Waals surface area contributed by atoms with E-state index in [1.807, 2.05) is 36.4 Å². The van der Waals surface area contributed by atoms with E-state index in [0.717, 1.165) is 16.6 Å². The van der Waals surface area contributed by atoms with Crippen LogP contribution in [0.2, 0.25) is 0 Å². The number of carbonyl (C=O) groups excluding carboxylic acids is 1. The van der Waals surface area contributed by atoms with Crippen molar-refractivity contribution in [3.63, 3.8) is 0 Å². The molecule has 1 amide bonds. The fourth-order valence-electron chi connectivity index (χ4n) is 2.37. The van der Waals surface area contributed by atoms with Crippen LogP contribution in [0, 0.1) is 0 Å². The van der Waals surface area contributed by atoms with E-state index < -0.39 is 5.91 Å². The number of nitrogens with two attached hydrogens (primary N) is 2. The zero-order chi connectivity index (χ0) is 18.0. The largest absolute Gasteiger partial charge is 0.402 e. The highest BCUT2D eigenvalue weighted by molar-refractivity contribution is 6.09. The van der Waals surface area contributed by atoms with Crippen molar-refractivity contribution in [3.05, 3.63) is 65.5 Å². The molecule has 0 bridgehead atoms. The fourth-order valence-corrected chi connectivity index (χ4v) is 2.37. The molecule has 0 aliphatic rings. The highest BCUT2D eigenvalue weighted by Crippen LogP contribution is 2.23. The molecule has 0 atom stereocenters. The molecule has 1 aromatic carbocycles. The number of hydrogen-bond donors (Lipinski definition) is 3. The highest BCUT2D eigenvalue weighted by atomic mass is 16.1. The minimum absolute atomic E-state index is 0.115. The quantitative estimate of drug-likeness (QED) is 0.505. The monoisotopic (exact) mass is 333 g/mol. The third-order valence-electron chi connectivity index (χ3n) is 4.00. The maximum absolute atomic E-state index is 12.3. The molecular formula is C19H19N5O. The van der Waals surface area contributed by atoms with Gasteiger partial charge in [-0.2, -0.15) is 4.99 Å². The lowest BCUT2D eigenvalue weighted by atomic mass is 10.1. The third-order valence-corrected chi connectivity index (χ3v) is 4.00. The van der Waals surface area contributed by atoms with Gasteiger partial charge in [0.15, 0.2) is 0 Å². The molecule has 0 spiro atoms. The smallest absolute Gasteiger partial charge is 0.280 e. The predicted octanol–water partition coefficient (Wildman–Crippen LogP) is 2.98. The molecule has 25 heavy (non-hydrogen) atoms. The zero-order valence-corrected chi connectivity index (χ0v) is 14.1. The molecule has 0 aliphatic heterocycles. The Labute approximate surface area is 145 Å². The number of aliphatic imine (C=N–C) groups is 1.